The van der Waals surface area contributed by atoms with E-state index in [0.717, 1.165) is 37.5 Å². The third kappa shape index (κ3) is 13.5. The second-order valence-electron chi connectivity index (χ2n) is 12.0. The molecule has 0 amide bonds. The summed E-state index contributed by atoms with van der Waals surface area (Å²) >= 11 is 0. The van der Waals surface area contributed by atoms with Crippen molar-refractivity contribution in [3.63, 3.8) is 0 Å². The van der Waals surface area contributed by atoms with Crippen molar-refractivity contribution < 1.29 is 0 Å². The van der Waals surface area contributed by atoms with Crippen LogP contribution in [0.2, 0.25) is 0 Å². The maximum atomic E-state index is 3.99. The smallest absolute Gasteiger partial charge is 0.0507 e. The summed E-state index contributed by atoms with van der Waals surface area (Å²) in [5.74, 6) is 2.45. The first-order chi connectivity index (χ1) is 15.7. The average Bonchev–Trinajstić information content (AvgIpc) is 2.76. The number of nitrogens with zero attached hydrogens (tertiary/aromatic N) is 2. The number of unbranched alkanes of at least 4 members (excludes halogenated alkanes) is 2. The van der Waals surface area contributed by atoms with Crippen LogP contribution in [0.15, 0.2) is 0 Å². The van der Waals surface area contributed by atoms with Gasteiger partial charge in [-0.05, 0) is 50.9 Å². The van der Waals surface area contributed by atoms with Gasteiger partial charge in [-0.15, -0.1) is 0 Å². The van der Waals surface area contributed by atoms with E-state index in [1.807, 2.05) is 0 Å². The second-order valence-corrected chi connectivity index (χ2v) is 12.0. The van der Waals surface area contributed by atoms with Crippen LogP contribution in [0.3, 0.4) is 0 Å². The van der Waals surface area contributed by atoms with Crippen molar-refractivity contribution in [2.75, 3.05) is 45.9 Å². The Bertz CT molecular complexity index is 441. The lowest BCUT2D eigenvalue weighted by Gasteiger charge is -2.48. The largest absolute Gasteiger partial charge is 0.313 e. The van der Waals surface area contributed by atoms with Gasteiger partial charge in [-0.3, -0.25) is 9.80 Å². The molecule has 0 radical (unpaired) electrons. The summed E-state index contributed by atoms with van der Waals surface area (Å²) in [5.41, 5.74) is 0.174. The van der Waals surface area contributed by atoms with Crippen LogP contribution in [-0.4, -0.2) is 67.3 Å². The molecule has 4 nitrogen and oxygen atoms in total. The van der Waals surface area contributed by atoms with Crippen LogP contribution in [0.5, 0.6) is 0 Å². The summed E-state index contributed by atoms with van der Waals surface area (Å²) in [5, 5.41) is 7.72. The number of hydrogen-bond acceptors (Lipinski definition) is 4. The zero-order valence-corrected chi connectivity index (χ0v) is 24.0. The molecule has 1 heterocycles. The minimum absolute atomic E-state index is 0.174. The molecule has 0 saturated carbocycles. The van der Waals surface area contributed by atoms with Gasteiger partial charge in [0, 0.05) is 50.8 Å². The quantitative estimate of drug-likeness (QED) is 0.217. The van der Waals surface area contributed by atoms with E-state index in [-0.39, 0.29) is 5.54 Å². The molecule has 4 heteroatoms. The van der Waals surface area contributed by atoms with E-state index in [1.54, 1.807) is 0 Å². The fraction of sp³-hybridized carbons (Fsp3) is 1.00. The van der Waals surface area contributed by atoms with Gasteiger partial charge in [0.05, 0.1) is 6.67 Å². The molecule has 1 saturated heterocycles. The van der Waals surface area contributed by atoms with Crippen LogP contribution in [0.25, 0.3) is 0 Å². The summed E-state index contributed by atoms with van der Waals surface area (Å²) in [6.07, 6.45) is 12.0. The highest BCUT2D eigenvalue weighted by atomic mass is 15.4. The molecule has 0 aromatic carbocycles. The molecule has 3 atom stereocenters. The van der Waals surface area contributed by atoms with Crippen molar-refractivity contribution in [2.45, 2.75) is 125 Å². The van der Waals surface area contributed by atoms with Crippen LogP contribution in [0.4, 0.5) is 0 Å². The van der Waals surface area contributed by atoms with Crippen molar-refractivity contribution in [2.24, 2.45) is 17.8 Å². The van der Waals surface area contributed by atoms with Gasteiger partial charge >= 0.3 is 0 Å². The Hall–Kier alpha value is -0.160. The predicted octanol–water partition coefficient (Wildman–Crippen LogP) is 6.37. The highest BCUT2D eigenvalue weighted by Gasteiger charge is 2.35. The van der Waals surface area contributed by atoms with Gasteiger partial charge in [0.25, 0.3) is 0 Å². The Morgan fingerprint density at radius 2 is 1.30 bits per heavy atom. The summed E-state index contributed by atoms with van der Waals surface area (Å²) in [6, 6.07) is 0.603. The maximum absolute atomic E-state index is 3.99. The number of rotatable bonds is 19. The minimum Gasteiger partial charge on any atom is -0.313 e. The predicted molar refractivity (Wildman–Crippen MR) is 148 cm³/mol. The fourth-order valence-corrected chi connectivity index (χ4v) is 5.81. The average molecular weight is 467 g/mol. The zero-order valence-electron chi connectivity index (χ0n) is 24.0. The fourth-order valence-electron chi connectivity index (χ4n) is 5.81. The summed E-state index contributed by atoms with van der Waals surface area (Å²) in [7, 11) is 0. The van der Waals surface area contributed by atoms with Crippen molar-refractivity contribution in [3.05, 3.63) is 0 Å². The lowest BCUT2D eigenvalue weighted by atomic mass is 9.93. The molecular formula is C29H62N4. The van der Waals surface area contributed by atoms with E-state index in [9.17, 15) is 0 Å². The van der Waals surface area contributed by atoms with Crippen LogP contribution in [-0.2, 0) is 0 Å². The highest BCUT2D eigenvalue weighted by molar-refractivity contribution is 4.94. The first-order valence-electron chi connectivity index (χ1n) is 14.7. The molecule has 0 aromatic rings. The van der Waals surface area contributed by atoms with Gasteiger partial charge < -0.3 is 10.6 Å². The Balaban J connectivity index is 2.73. The van der Waals surface area contributed by atoms with E-state index in [2.05, 4.69) is 75.8 Å². The normalized spacial score (nSPS) is 23.2. The third-order valence-electron chi connectivity index (χ3n) is 7.66. The van der Waals surface area contributed by atoms with Crippen LogP contribution in [0.1, 0.15) is 113 Å². The third-order valence-corrected chi connectivity index (χ3v) is 7.66. The molecular weight excluding hydrogens is 404 g/mol. The molecule has 1 aliphatic heterocycles. The molecule has 1 aliphatic rings. The summed E-state index contributed by atoms with van der Waals surface area (Å²) < 4.78 is 0. The van der Waals surface area contributed by atoms with Gasteiger partial charge in [0.2, 0.25) is 0 Å². The molecule has 0 spiro atoms. The van der Waals surface area contributed by atoms with Gasteiger partial charge in [-0.1, -0.05) is 80.1 Å². The molecule has 33 heavy (non-hydrogen) atoms. The second kappa shape index (κ2) is 17.3. The van der Waals surface area contributed by atoms with Crippen molar-refractivity contribution in [1.29, 1.82) is 0 Å². The monoisotopic (exact) mass is 466 g/mol. The van der Waals surface area contributed by atoms with Gasteiger partial charge in [-0.25, -0.2) is 0 Å². The van der Waals surface area contributed by atoms with Crippen molar-refractivity contribution in [1.82, 2.24) is 20.4 Å². The number of nitrogens with one attached hydrogen (secondary N) is 2. The maximum Gasteiger partial charge on any atom is 0.0507 e. The molecule has 198 valence electrons. The van der Waals surface area contributed by atoms with E-state index in [0.29, 0.717) is 6.04 Å². The van der Waals surface area contributed by atoms with Gasteiger partial charge in [0.15, 0.2) is 0 Å². The van der Waals surface area contributed by atoms with Gasteiger partial charge in [-0.2, -0.15) is 0 Å². The molecule has 0 bridgehead atoms. The van der Waals surface area contributed by atoms with E-state index in [1.165, 1.54) is 84.0 Å². The number of hydrogen-bond donors (Lipinski definition) is 2. The molecule has 3 unspecified atom stereocenters. The Kier molecular flexibility index (Phi) is 16.2. The van der Waals surface area contributed by atoms with E-state index >= 15 is 0 Å². The lowest BCUT2D eigenvalue weighted by molar-refractivity contribution is 0.00514. The molecule has 2 N–H and O–H groups in total. The Morgan fingerprint density at radius 1 is 0.788 bits per heavy atom. The van der Waals surface area contributed by atoms with Crippen LogP contribution >= 0.6 is 0 Å². The minimum atomic E-state index is 0.174. The molecule has 0 aromatic heterocycles. The Morgan fingerprint density at radius 3 is 1.73 bits per heavy atom. The molecule has 0 aliphatic carbocycles. The zero-order chi connectivity index (χ0) is 24.7. The first-order valence-corrected chi connectivity index (χ1v) is 14.7. The SMILES string of the molecule is CCCCC(CC)CN1CN(CC(CC)CCCC)CC(C)(NCCNC(C)CC(C)C)C1. The topological polar surface area (TPSA) is 30.5 Å². The molecule has 1 fully saturated rings. The van der Waals surface area contributed by atoms with E-state index < -0.39 is 0 Å². The van der Waals surface area contributed by atoms with Gasteiger partial charge in [0.1, 0.15) is 0 Å². The Labute approximate surface area is 209 Å². The van der Waals surface area contributed by atoms with Crippen LogP contribution < -0.4 is 10.6 Å². The summed E-state index contributed by atoms with van der Waals surface area (Å²) in [4.78, 5) is 5.56. The highest BCUT2D eigenvalue weighted by Crippen LogP contribution is 2.23. The van der Waals surface area contributed by atoms with Crippen molar-refractivity contribution >= 4 is 0 Å². The van der Waals surface area contributed by atoms with E-state index in [4.69, 9.17) is 0 Å². The standard InChI is InChI=1S/C29H62N4/c1-9-13-15-27(11-3)20-32-22-29(8,31-18-17-30-26(7)19-25(5)6)23-33(24-32)21-28(12-4)16-14-10-2/h25-28,30-31H,9-24H2,1-8H3. The lowest BCUT2D eigenvalue weighted by Crippen LogP contribution is -2.65. The molecule has 1 rings (SSSR count). The summed E-state index contributed by atoms with van der Waals surface area (Å²) in [6.45, 7) is 27.0. The van der Waals surface area contributed by atoms with Crippen LogP contribution in [0, 0.1) is 17.8 Å². The van der Waals surface area contributed by atoms with Crippen molar-refractivity contribution in [3.8, 4) is 0 Å². The first kappa shape index (κ1) is 30.9.